The number of hydrogen-bond donors (Lipinski definition) is 1. The van der Waals surface area contributed by atoms with Crippen molar-refractivity contribution in [1.29, 1.82) is 0 Å². The Kier molecular flexibility index (Phi) is 3.50. The summed E-state index contributed by atoms with van der Waals surface area (Å²) in [5.74, 6) is -0.788. The van der Waals surface area contributed by atoms with Gasteiger partial charge in [-0.1, -0.05) is 60.7 Å². The number of alkyl halides is 1. The zero-order valence-corrected chi connectivity index (χ0v) is 11.9. The number of rotatable bonds is 4. The number of halogens is 1. The first-order valence-electron chi connectivity index (χ1n) is 7.21. The van der Waals surface area contributed by atoms with Crippen LogP contribution in [0.15, 0.2) is 60.7 Å². The minimum atomic E-state index is -1.50. The molecule has 1 saturated carbocycles. The Morgan fingerprint density at radius 1 is 1.14 bits per heavy atom. The van der Waals surface area contributed by atoms with E-state index in [4.69, 9.17) is 0 Å². The van der Waals surface area contributed by atoms with Crippen molar-refractivity contribution < 1.29 is 9.18 Å². The number of carbonyl (C=O) groups excluding carboxylic acids is 1. The molecule has 0 aliphatic heterocycles. The second kappa shape index (κ2) is 5.32. The van der Waals surface area contributed by atoms with Gasteiger partial charge in [-0.05, 0) is 18.1 Å². The summed E-state index contributed by atoms with van der Waals surface area (Å²) in [6.07, 6.45) is 0.268. The van der Waals surface area contributed by atoms with Crippen molar-refractivity contribution in [3.05, 3.63) is 71.8 Å². The lowest BCUT2D eigenvalue weighted by Crippen LogP contribution is -2.30. The molecular formula is C18H18FNO. The predicted octanol–water partition coefficient (Wildman–Crippen LogP) is 3.75. The molecule has 0 bridgehead atoms. The van der Waals surface area contributed by atoms with Gasteiger partial charge >= 0.3 is 0 Å². The number of nitrogens with one attached hydrogen (secondary N) is 1. The Morgan fingerprint density at radius 2 is 1.71 bits per heavy atom. The zero-order chi connectivity index (χ0) is 14.9. The molecule has 0 saturated heterocycles. The van der Waals surface area contributed by atoms with Gasteiger partial charge in [-0.25, -0.2) is 4.39 Å². The molecule has 2 aromatic rings. The highest BCUT2D eigenvalue weighted by atomic mass is 19.1. The van der Waals surface area contributed by atoms with E-state index in [-0.39, 0.29) is 18.4 Å². The summed E-state index contributed by atoms with van der Waals surface area (Å²) in [6.45, 7) is 1.91. The van der Waals surface area contributed by atoms with Gasteiger partial charge in [0, 0.05) is 6.42 Å². The minimum absolute atomic E-state index is 0.112. The largest absolute Gasteiger partial charge is 0.349 e. The average Bonchev–Trinajstić information content (AvgIpc) is 3.23. The lowest BCUT2D eigenvalue weighted by atomic mass is 10.1. The number of benzene rings is 2. The molecule has 1 aliphatic carbocycles. The summed E-state index contributed by atoms with van der Waals surface area (Å²) < 4.78 is 14.7. The lowest BCUT2D eigenvalue weighted by Gasteiger charge is -2.15. The Hall–Kier alpha value is -2.16. The molecule has 0 unspecified atom stereocenters. The predicted molar refractivity (Wildman–Crippen MR) is 80.3 cm³/mol. The normalized spacial score (nSPS) is 25.1. The lowest BCUT2D eigenvalue weighted by molar-refractivity contribution is -0.124. The second-order valence-electron chi connectivity index (χ2n) is 5.63. The molecule has 3 atom stereocenters. The van der Waals surface area contributed by atoms with Gasteiger partial charge in [-0.15, -0.1) is 0 Å². The van der Waals surface area contributed by atoms with Crippen molar-refractivity contribution >= 4 is 5.91 Å². The fourth-order valence-electron chi connectivity index (χ4n) is 2.71. The third-order valence-corrected chi connectivity index (χ3v) is 4.12. The summed E-state index contributed by atoms with van der Waals surface area (Å²) in [4.78, 5) is 12.2. The molecule has 108 valence electrons. The molecule has 1 N–H and O–H groups in total. The number of hydrogen-bond acceptors (Lipinski definition) is 1. The van der Waals surface area contributed by atoms with Crippen LogP contribution in [0, 0.1) is 5.92 Å². The van der Waals surface area contributed by atoms with Crippen molar-refractivity contribution in [2.45, 2.75) is 25.1 Å². The highest BCUT2D eigenvalue weighted by Gasteiger charge is 2.60. The molecule has 1 aliphatic rings. The molecule has 3 heteroatoms. The van der Waals surface area contributed by atoms with Gasteiger partial charge in [-0.2, -0.15) is 0 Å². The van der Waals surface area contributed by atoms with E-state index in [0.717, 1.165) is 5.56 Å². The van der Waals surface area contributed by atoms with Crippen LogP contribution in [0.4, 0.5) is 4.39 Å². The van der Waals surface area contributed by atoms with Crippen LogP contribution in [-0.2, 0) is 10.5 Å². The Bertz CT molecular complexity index is 628. The van der Waals surface area contributed by atoms with E-state index >= 15 is 0 Å². The Labute approximate surface area is 124 Å². The third-order valence-electron chi connectivity index (χ3n) is 4.12. The summed E-state index contributed by atoms with van der Waals surface area (Å²) in [6, 6.07) is 18.5. The molecule has 0 aromatic heterocycles. The summed E-state index contributed by atoms with van der Waals surface area (Å²) in [5, 5.41) is 2.90. The van der Waals surface area contributed by atoms with Gasteiger partial charge in [-0.3, -0.25) is 4.79 Å². The second-order valence-corrected chi connectivity index (χ2v) is 5.63. The molecule has 0 radical (unpaired) electrons. The number of carbonyl (C=O) groups is 1. The van der Waals surface area contributed by atoms with E-state index in [1.165, 1.54) is 0 Å². The maximum atomic E-state index is 14.7. The highest BCUT2D eigenvalue weighted by Crippen LogP contribution is 2.55. The molecule has 0 spiro atoms. The van der Waals surface area contributed by atoms with E-state index in [9.17, 15) is 9.18 Å². The summed E-state index contributed by atoms with van der Waals surface area (Å²) in [5.41, 5.74) is 0.120. The fourth-order valence-corrected chi connectivity index (χ4v) is 2.71. The molecule has 1 amide bonds. The first-order valence-corrected chi connectivity index (χ1v) is 7.21. The maximum Gasteiger partial charge on any atom is 0.227 e. The summed E-state index contributed by atoms with van der Waals surface area (Å²) >= 11 is 0. The van der Waals surface area contributed by atoms with Gasteiger partial charge in [0.1, 0.15) is 5.67 Å². The van der Waals surface area contributed by atoms with Crippen molar-refractivity contribution in [1.82, 2.24) is 5.32 Å². The van der Waals surface area contributed by atoms with E-state index in [2.05, 4.69) is 5.32 Å². The Balaban J connectivity index is 1.66. The van der Waals surface area contributed by atoms with Crippen LogP contribution in [0.25, 0.3) is 0 Å². The molecule has 2 nitrogen and oxygen atoms in total. The van der Waals surface area contributed by atoms with Crippen LogP contribution in [0.5, 0.6) is 0 Å². The van der Waals surface area contributed by atoms with Crippen molar-refractivity contribution in [3.63, 3.8) is 0 Å². The third kappa shape index (κ3) is 2.68. The van der Waals surface area contributed by atoms with Gasteiger partial charge in [0.15, 0.2) is 0 Å². The quantitative estimate of drug-likeness (QED) is 0.909. The molecule has 1 fully saturated rings. The van der Waals surface area contributed by atoms with E-state index in [1.807, 2.05) is 43.3 Å². The van der Waals surface area contributed by atoms with Crippen LogP contribution in [0.2, 0.25) is 0 Å². The average molecular weight is 283 g/mol. The first kappa shape index (κ1) is 13.8. The van der Waals surface area contributed by atoms with E-state index in [1.54, 1.807) is 24.3 Å². The van der Waals surface area contributed by atoms with Gasteiger partial charge in [0.2, 0.25) is 5.91 Å². The number of amides is 1. The Morgan fingerprint density at radius 3 is 2.33 bits per heavy atom. The van der Waals surface area contributed by atoms with Crippen molar-refractivity contribution in [3.8, 4) is 0 Å². The van der Waals surface area contributed by atoms with E-state index < -0.39 is 11.6 Å². The topological polar surface area (TPSA) is 29.1 Å². The van der Waals surface area contributed by atoms with Crippen LogP contribution < -0.4 is 5.32 Å². The molecule has 3 rings (SSSR count). The monoisotopic (exact) mass is 283 g/mol. The fraction of sp³-hybridized carbons (Fsp3) is 0.278. The molecule has 0 heterocycles. The van der Waals surface area contributed by atoms with Gasteiger partial charge < -0.3 is 5.32 Å². The SMILES string of the molecule is C[C@H](NC(=O)[C@H]1C[C@]1(F)c1ccccc1)c1ccccc1. The van der Waals surface area contributed by atoms with Crippen molar-refractivity contribution in [2.24, 2.45) is 5.92 Å². The van der Waals surface area contributed by atoms with Crippen molar-refractivity contribution in [2.75, 3.05) is 0 Å². The van der Waals surface area contributed by atoms with Crippen LogP contribution in [-0.4, -0.2) is 5.91 Å². The molecular weight excluding hydrogens is 265 g/mol. The van der Waals surface area contributed by atoms with Gasteiger partial charge in [0.25, 0.3) is 0 Å². The standard InChI is InChI=1S/C18H18FNO/c1-13(14-8-4-2-5-9-14)20-17(21)16-12-18(16,19)15-10-6-3-7-11-15/h2-11,13,16H,12H2,1H3,(H,20,21)/t13-,16+,18-/m0/s1. The molecule has 2 aromatic carbocycles. The van der Waals surface area contributed by atoms with Crippen LogP contribution >= 0.6 is 0 Å². The zero-order valence-electron chi connectivity index (χ0n) is 11.9. The minimum Gasteiger partial charge on any atom is -0.349 e. The maximum absolute atomic E-state index is 14.7. The van der Waals surface area contributed by atoms with Crippen LogP contribution in [0.3, 0.4) is 0 Å². The smallest absolute Gasteiger partial charge is 0.227 e. The van der Waals surface area contributed by atoms with E-state index in [0.29, 0.717) is 5.56 Å². The molecule has 21 heavy (non-hydrogen) atoms. The summed E-state index contributed by atoms with van der Waals surface area (Å²) in [7, 11) is 0. The van der Waals surface area contributed by atoms with Crippen LogP contribution in [0.1, 0.15) is 30.5 Å². The van der Waals surface area contributed by atoms with Gasteiger partial charge in [0.05, 0.1) is 12.0 Å². The highest BCUT2D eigenvalue weighted by molar-refractivity contribution is 5.84. The first-order chi connectivity index (χ1) is 10.1.